The Labute approximate surface area is 261 Å². The highest BCUT2D eigenvalue weighted by Gasteiger charge is 2.62. The van der Waals surface area contributed by atoms with Gasteiger partial charge in [0.05, 0.1) is 6.10 Å². The van der Waals surface area contributed by atoms with Gasteiger partial charge in [-0.3, -0.25) is 0 Å². The quantitative estimate of drug-likeness (QED) is 0.115. The Morgan fingerprint density at radius 2 is 1.38 bits per heavy atom. The van der Waals surface area contributed by atoms with Crippen LogP contribution in [0.15, 0.2) is 0 Å². The number of hydrogen-bond donors (Lipinski definition) is 5. The van der Waals surface area contributed by atoms with Crippen LogP contribution in [0, 0.1) is 52.3 Å². The lowest BCUT2D eigenvalue weighted by Crippen LogP contribution is -2.59. The predicted octanol–water partition coefficient (Wildman–Crippen LogP) is 6.74. The lowest BCUT2D eigenvalue weighted by Gasteiger charge is -2.62. The van der Waals surface area contributed by atoms with Crippen molar-refractivity contribution in [2.24, 2.45) is 58.0 Å². The number of aliphatic hydroxyl groups excluding tert-OH is 1. The average Bonchev–Trinajstić information content (AvgIpc) is 3.31. The van der Waals surface area contributed by atoms with E-state index >= 15 is 0 Å². The van der Waals surface area contributed by atoms with Gasteiger partial charge in [-0.1, -0.05) is 53.9 Å². The number of aliphatic hydroxyl groups is 1. The molecule has 0 aromatic rings. The molecule has 0 aliphatic heterocycles. The number of fused-ring (bicyclic) bond motifs is 5. The molecule has 0 amide bonds. The Kier molecular flexibility index (Phi) is 13.5. The molecule has 0 heterocycles. The van der Waals surface area contributed by atoms with Crippen molar-refractivity contribution >= 4 is 0 Å². The zero-order chi connectivity index (χ0) is 30.2. The molecule has 4 aliphatic carbocycles. The fraction of sp³-hybridized carbons (Fsp3) is 1.00. The number of nitrogens with two attached hydrogens (primary N) is 1. The van der Waals surface area contributed by atoms with Gasteiger partial charge in [0.15, 0.2) is 0 Å². The summed E-state index contributed by atoms with van der Waals surface area (Å²) in [5, 5.41) is 22.7. The number of nitrogens with one attached hydrogen (secondary N) is 3. The van der Waals surface area contributed by atoms with Crippen LogP contribution in [-0.2, 0) is 0 Å². The maximum absolute atomic E-state index is 11.7. The van der Waals surface area contributed by atoms with Crippen molar-refractivity contribution in [3.05, 3.63) is 0 Å². The van der Waals surface area contributed by atoms with Gasteiger partial charge >= 0.3 is 0 Å². The van der Waals surface area contributed by atoms with E-state index in [0.717, 1.165) is 87.6 Å². The van der Waals surface area contributed by atoms with E-state index in [2.05, 4.69) is 50.6 Å². The molecule has 0 bridgehead atoms. The van der Waals surface area contributed by atoms with Crippen molar-refractivity contribution in [3.63, 3.8) is 0 Å². The fourth-order valence-electron chi connectivity index (χ4n) is 11.0. The highest BCUT2D eigenvalue weighted by Crippen LogP contribution is 2.68. The van der Waals surface area contributed by atoms with E-state index in [1.807, 2.05) is 0 Å². The van der Waals surface area contributed by atoms with Gasteiger partial charge in [0.25, 0.3) is 0 Å². The molecule has 42 heavy (non-hydrogen) atoms. The third-order valence-corrected chi connectivity index (χ3v) is 13.4. The van der Waals surface area contributed by atoms with Crippen LogP contribution in [0.5, 0.6) is 0 Å². The lowest BCUT2D eigenvalue weighted by molar-refractivity contribution is -0.162. The van der Waals surface area contributed by atoms with Gasteiger partial charge in [-0.05, 0) is 169 Å². The van der Waals surface area contributed by atoms with Gasteiger partial charge in [0, 0.05) is 6.04 Å². The van der Waals surface area contributed by atoms with Gasteiger partial charge < -0.3 is 26.8 Å². The minimum Gasteiger partial charge on any atom is -0.393 e. The molecule has 0 aromatic carbocycles. The summed E-state index contributed by atoms with van der Waals surface area (Å²) >= 11 is 0. The topological polar surface area (TPSA) is 82.3 Å². The maximum atomic E-state index is 11.7. The third kappa shape index (κ3) is 8.33. The standard InChI is InChI=1S/C37H72N4O/c1-27(2)11-8-12-28(3)31-13-14-32-30-26-35(42)34-25-29(15-17-37(34,5)33(30)16-18-36(31,32)4)41-24-10-23-40-21-7-6-20-39-22-9-19-38/h27-35,39-42H,6-26,38H2,1-5H3/t28-,29-,30?,31?,32?,33?,34-,35-,36-,37-/m1/s1. The monoisotopic (exact) mass is 589 g/mol. The Morgan fingerprint density at radius 3 is 2.10 bits per heavy atom. The number of rotatable bonds is 18. The molecule has 5 heteroatoms. The van der Waals surface area contributed by atoms with Gasteiger partial charge in [0.2, 0.25) is 0 Å². The van der Waals surface area contributed by atoms with E-state index in [1.54, 1.807) is 0 Å². The van der Waals surface area contributed by atoms with Crippen LogP contribution in [0.2, 0.25) is 0 Å². The molecular formula is C37H72N4O. The van der Waals surface area contributed by atoms with Crippen molar-refractivity contribution in [2.75, 3.05) is 39.3 Å². The summed E-state index contributed by atoms with van der Waals surface area (Å²) in [4.78, 5) is 0. The second kappa shape index (κ2) is 16.4. The van der Waals surface area contributed by atoms with E-state index in [1.165, 1.54) is 83.5 Å². The summed E-state index contributed by atoms with van der Waals surface area (Å²) in [6.45, 7) is 18.9. The molecule has 0 spiro atoms. The average molecular weight is 589 g/mol. The molecule has 4 fully saturated rings. The maximum Gasteiger partial charge on any atom is 0.0577 e. The van der Waals surface area contributed by atoms with Crippen molar-refractivity contribution in [3.8, 4) is 0 Å². The van der Waals surface area contributed by atoms with Crippen molar-refractivity contribution in [1.29, 1.82) is 0 Å². The zero-order valence-electron chi connectivity index (χ0n) is 28.6. The molecule has 4 aliphatic rings. The van der Waals surface area contributed by atoms with E-state index in [4.69, 9.17) is 5.73 Å². The smallest absolute Gasteiger partial charge is 0.0577 e. The van der Waals surface area contributed by atoms with E-state index < -0.39 is 0 Å². The summed E-state index contributed by atoms with van der Waals surface area (Å²) in [5.74, 6) is 5.51. The molecule has 0 radical (unpaired) electrons. The molecule has 4 rings (SSSR count). The molecule has 4 unspecified atom stereocenters. The first-order chi connectivity index (χ1) is 20.2. The first-order valence-electron chi connectivity index (χ1n) is 18.7. The molecule has 6 N–H and O–H groups in total. The Balaban J connectivity index is 1.19. The minimum absolute atomic E-state index is 0.0998. The molecule has 5 nitrogen and oxygen atoms in total. The van der Waals surface area contributed by atoms with Crippen molar-refractivity contribution in [2.45, 2.75) is 143 Å². The van der Waals surface area contributed by atoms with Crippen LogP contribution in [-0.4, -0.2) is 56.5 Å². The second-order valence-corrected chi connectivity index (χ2v) is 16.5. The largest absolute Gasteiger partial charge is 0.393 e. The lowest BCUT2D eigenvalue weighted by atomic mass is 9.43. The molecule has 246 valence electrons. The molecule has 10 atom stereocenters. The van der Waals surface area contributed by atoms with Crippen molar-refractivity contribution < 1.29 is 5.11 Å². The summed E-state index contributed by atoms with van der Waals surface area (Å²) in [6, 6.07) is 0.588. The highest BCUT2D eigenvalue weighted by molar-refractivity contribution is 5.11. The van der Waals surface area contributed by atoms with Crippen molar-refractivity contribution in [1.82, 2.24) is 16.0 Å². The Morgan fingerprint density at radius 1 is 0.714 bits per heavy atom. The molecular weight excluding hydrogens is 516 g/mol. The Hall–Kier alpha value is -0.200. The first-order valence-corrected chi connectivity index (χ1v) is 18.7. The van der Waals surface area contributed by atoms with Gasteiger partial charge in [-0.2, -0.15) is 0 Å². The van der Waals surface area contributed by atoms with Crippen LogP contribution in [0.4, 0.5) is 0 Å². The molecule has 4 saturated carbocycles. The number of hydrogen-bond acceptors (Lipinski definition) is 5. The zero-order valence-corrected chi connectivity index (χ0v) is 28.6. The van der Waals surface area contributed by atoms with Crippen LogP contribution in [0.25, 0.3) is 0 Å². The predicted molar refractivity (Wildman–Crippen MR) is 180 cm³/mol. The highest BCUT2D eigenvalue weighted by atomic mass is 16.3. The van der Waals surface area contributed by atoms with Crippen LogP contribution < -0.4 is 21.7 Å². The van der Waals surface area contributed by atoms with Gasteiger partial charge in [-0.25, -0.2) is 0 Å². The third-order valence-electron chi connectivity index (χ3n) is 13.4. The van der Waals surface area contributed by atoms with Crippen LogP contribution in [0.3, 0.4) is 0 Å². The van der Waals surface area contributed by atoms with Gasteiger partial charge in [0.1, 0.15) is 0 Å². The summed E-state index contributed by atoms with van der Waals surface area (Å²) in [5.41, 5.74) is 6.39. The summed E-state index contributed by atoms with van der Waals surface area (Å²) < 4.78 is 0. The van der Waals surface area contributed by atoms with E-state index in [9.17, 15) is 5.11 Å². The summed E-state index contributed by atoms with van der Waals surface area (Å²) in [7, 11) is 0. The van der Waals surface area contributed by atoms with E-state index in [-0.39, 0.29) is 6.10 Å². The molecule has 0 saturated heterocycles. The Bertz CT molecular complexity index is 777. The normalized spacial score (nSPS) is 38.7. The molecule has 0 aromatic heterocycles. The minimum atomic E-state index is -0.0998. The summed E-state index contributed by atoms with van der Waals surface area (Å²) in [6.07, 6.45) is 19.4. The SMILES string of the molecule is CC(C)CCC[C@@H](C)C1CCC2C3C[C@@H](O)[C@H]4C[C@H](NCCCNCCCCNCCCN)CC[C@]4(C)C3CC[C@@]21C. The van der Waals surface area contributed by atoms with E-state index in [0.29, 0.717) is 22.8 Å². The van der Waals surface area contributed by atoms with Crippen LogP contribution >= 0.6 is 0 Å². The van der Waals surface area contributed by atoms with Gasteiger partial charge in [-0.15, -0.1) is 0 Å². The van der Waals surface area contributed by atoms with Crippen LogP contribution in [0.1, 0.15) is 131 Å². The second-order valence-electron chi connectivity index (χ2n) is 16.5. The fourth-order valence-corrected chi connectivity index (χ4v) is 11.0. The first kappa shape index (κ1) is 34.7. The number of unbranched alkanes of at least 4 members (excludes halogenated alkanes) is 1.